The first kappa shape index (κ1) is 24.1. The van der Waals surface area contributed by atoms with Crippen molar-refractivity contribution in [1.29, 1.82) is 0 Å². The zero-order chi connectivity index (χ0) is 23.4. The van der Waals surface area contributed by atoms with Crippen LogP contribution in [-0.4, -0.2) is 66.8 Å². The number of halogens is 1. The highest BCUT2D eigenvalue weighted by Crippen LogP contribution is 2.39. The van der Waals surface area contributed by atoms with Gasteiger partial charge in [0.15, 0.2) is 5.78 Å². The summed E-state index contributed by atoms with van der Waals surface area (Å²) >= 11 is 6.49. The number of rotatable bonds is 5. The van der Waals surface area contributed by atoms with E-state index in [4.69, 9.17) is 30.5 Å². The third kappa shape index (κ3) is 5.57. The number of Topliss-reactive ketones (excluding diaryl/α,β-unsaturated/α-hetero) is 1. The third-order valence-corrected chi connectivity index (χ3v) is 6.39. The third-order valence-electron chi connectivity index (χ3n) is 6.03. The van der Waals surface area contributed by atoms with Crippen LogP contribution in [0, 0.1) is 0 Å². The van der Waals surface area contributed by atoms with Gasteiger partial charge in [-0.1, -0.05) is 35.9 Å². The molecule has 0 aliphatic carbocycles. The number of aliphatic hydroxyl groups excluding tert-OH is 2. The zero-order valence-corrected chi connectivity index (χ0v) is 19.3. The van der Waals surface area contributed by atoms with Crippen LogP contribution in [0.25, 0.3) is 0 Å². The van der Waals surface area contributed by atoms with Crippen molar-refractivity contribution in [2.75, 3.05) is 33.0 Å². The minimum atomic E-state index is -1.27. The van der Waals surface area contributed by atoms with Gasteiger partial charge in [0, 0.05) is 11.4 Å². The first-order valence-electron chi connectivity index (χ1n) is 11.1. The number of ether oxygens (including phenoxy) is 4. The molecule has 0 saturated carbocycles. The number of carbonyl (C=O) groups excluding carboxylic acids is 1. The fraction of sp³-hybridized carbons (Fsp3) is 0.480. The second-order valence-electron chi connectivity index (χ2n) is 8.55. The summed E-state index contributed by atoms with van der Waals surface area (Å²) in [4.78, 5) is 11.6. The molecule has 3 atom stereocenters. The summed E-state index contributed by atoms with van der Waals surface area (Å²) in [5.74, 6) is 0.642. The highest BCUT2D eigenvalue weighted by Gasteiger charge is 2.50. The fourth-order valence-corrected chi connectivity index (χ4v) is 4.51. The van der Waals surface area contributed by atoms with Crippen LogP contribution in [0.5, 0.6) is 5.75 Å². The molecule has 8 heteroatoms. The maximum Gasteiger partial charge on any atom is 0.183 e. The quantitative estimate of drug-likeness (QED) is 0.685. The molecule has 0 bridgehead atoms. The lowest BCUT2D eigenvalue weighted by atomic mass is 9.85. The van der Waals surface area contributed by atoms with Crippen molar-refractivity contribution in [3.05, 3.63) is 64.2 Å². The van der Waals surface area contributed by atoms with Gasteiger partial charge in [0.25, 0.3) is 0 Å². The highest BCUT2D eigenvalue weighted by molar-refractivity contribution is 6.31. The van der Waals surface area contributed by atoms with Crippen LogP contribution in [0.15, 0.2) is 42.5 Å². The minimum Gasteiger partial charge on any atom is -0.494 e. The maximum atomic E-state index is 11.6. The molecule has 0 radical (unpaired) electrons. The highest BCUT2D eigenvalue weighted by atomic mass is 35.5. The lowest BCUT2D eigenvalue weighted by molar-refractivity contribution is -0.266. The first-order chi connectivity index (χ1) is 15.9. The molecule has 4 rings (SSSR count). The van der Waals surface area contributed by atoms with E-state index >= 15 is 0 Å². The second-order valence-corrected chi connectivity index (χ2v) is 8.96. The van der Waals surface area contributed by atoms with E-state index < -0.39 is 23.9 Å². The predicted octanol–water partition coefficient (Wildman–Crippen LogP) is 2.87. The van der Waals surface area contributed by atoms with E-state index in [2.05, 4.69) is 0 Å². The van der Waals surface area contributed by atoms with E-state index in [9.17, 15) is 15.0 Å². The van der Waals surface area contributed by atoms with Gasteiger partial charge in [0.05, 0.1) is 32.0 Å². The average Bonchev–Trinajstić information content (AvgIpc) is 2.78. The number of hydrogen-bond acceptors (Lipinski definition) is 7. The molecule has 178 valence electrons. The van der Waals surface area contributed by atoms with Gasteiger partial charge in [0.2, 0.25) is 0 Å². The molecule has 2 aromatic rings. The Bertz CT molecular complexity index is 950. The number of benzene rings is 2. The predicted molar refractivity (Wildman–Crippen MR) is 122 cm³/mol. The summed E-state index contributed by atoms with van der Waals surface area (Å²) < 4.78 is 22.8. The molecular formula is C25H29ClO7. The van der Waals surface area contributed by atoms with Crippen LogP contribution < -0.4 is 4.74 Å². The number of aliphatic hydroxyl groups is 2. The van der Waals surface area contributed by atoms with Gasteiger partial charge in [-0.15, -0.1) is 0 Å². The van der Waals surface area contributed by atoms with Gasteiger partial charge in [-0.3, -0.25) is 4.79 Å². The molecule has 0 aromatic heterocycles. The van der Waals surface area contributed by atoms with Crippen molar-refractivity contribution < 1.29 is 34.0 Å². The maximum absolute atomic E-state index is 11.6. The molecule has 2 aliphatic heterocycles. The average molecular weight is 477 g/mol. The molecule has 2 heterocycles. The standard InChI is InChI=1S/C25H29ClO7/c1-2-32-20-6-3-16(4-7-20)9-18-10-17(5-8-21(18)26)23-11-22(28)24(29)25(33-23)14-30-12-19(27)13-31-15-25/h3-8,10,22-24,28-29H,2,9,11-15H2,1H3/t22?,23?,24-/m0/s1. The molecule has 2 fully saturated rings. The smallest absolute Gasteiger partial charge is 0.183 e. The van der Waals surface area contributed by atoms with Crippen LogP contribution in [-0.2, 0) is 25.4 Å². The Kier molecular flexibility index (Phi) is 7.69. The topological polar surface area (TPSA) is 94.5 Å². The Labute approximate surface area is 198 Å². The number of hydrogen-bond donors (Lipinski definition) is 2. The summed E-state index contributed by atoms with van der Waals surface area (Å²) in [7, 11) is 0. The van der Waals surface area contributed by atoms with Crippen molar-refractivity contribution in [3.63, 3.8) is 0 Å². The van der Waals surface area contributed by atoms with E-state index in [1.165, 1.54) is 0 Å². The Hall–Kier alpha value is -2.00. The van der Waals surface area contributed by atoms with Gasteiger partial charge >= 0.3 is 0 Å². The van der Waals surface area contributed by atoms with E-state index in [0.717, 1.165) is 22.4 Å². The molecule has 1 spiro atoms. The molecule has 2 aromatic carbocycles. The van der Waals surface area contributed by atoms with Crippen molar-refractivity contribution in [2.24, 2.45) is 0 Å². The SMILES string of the molecule is CCOc1ccc(Cc2cc(C3CC(O)[C@H](O)C4(COCC(=O)COC4)O3)ccc2Cl)cc1. The van der Waals surface area contributed by atoms with Crippen molar-refractivity contribution in [2.45, 2.75) is 43.7 Å². The normalized spacial score (nSPS) is 25.5. The van der Waals surface area contributed by atoms with E-state index in [1.807, 2.05) is 49.4 Å². The van der Waals surface area contributed by atoms with E-state index in [-0.39, 0.29) is 38.6 Å². The van der Waals surface area contributed by atoms with Crippen LogP contribution >= 0.6 is 11.6 Å². The van der Waals surface area contributed by atoms with Crippen molar-refractivity contribution in [3.8, 4) is 5.75 Å². The van der Waals surface area contributed by atoms with Gasteiger partial charge in [-0.2, -0.15) is 0 Å². The molecule has 2 saturated heterocycles. The van der Waals surface area contributed by atoms with Crippen molar-refractivity contribution in [1.82, 2.24) is 0 Å². The number of carbonyl (C=O) groups is 1. The van der Waals surface area contributed by atoms with Crippen LogP contribution in [0.4, 0.5) is 0 Å². The van der Waals surface area contributed by atoms with Crippen molar-refractivity contribution >= 4 is 17.4 Å². The summed E-state index contributed by atoms with van der Waals surface area (Å²) in [5.41, 5.74) is 1.58. The van der Waals surface area contributed by atoms with E-state index in [0.29, 0.717) is 18.1 Å². The minimum absolute atomic E-state index is 0.0555. The van der Waals surface area contributed by atoms with Crippen LogP contribution in [0.2, 0.25) is 5.02 Å². The largest absolute Gasteiger partial charge is 0.494 e. The lowest BCUT2D eigenvalue weighted by Gasteiger charge is -2.47. The zero-order valence-electron chi connectivity index (χ0n) is 18.5. The monoisotopic (exact) mass is 476 g/mol. The second kappa shape index (κ2) is 10.5. The summed E-state index contributed by atoms with van der Waals surface area (Å²) in [6, 6.07) is 13.5. The Balaban J connectivity index is 1.54. The van der Waals surface area contributed by atoms with Crippen LogP contribution in [0.3, 0.4) is 0 Å². The van der Waals surface area contributed by atoms with Gasteiger partial charge in [0.1, 0.15) is 30.7 Å². The molecule has 2 N–H and O–H groups in total. The number of ketones is 1. The summed E-state index contributed by atoms with van der Waals surface area (Å²) in [6.45, 7) is 2.21. The lowest BCUT2D eigenvalue weighted by Crippen LogP contribution is -2.61. The Morgan fingerprint density at radius 1 is 1.09 bits per heavy atom. The molecule has 2 aliphatic rings. The Morgan fingerprint density at radius 2 is 1.79 bits per heavy atom. The molecule has 0 amide bonds. The molecule has 2 unspecified atom stereocenters. The van der Waals surface area contributed by atoms with Crippen LogP contribution in [0.1, 0.15) is 36.1 Å². The molecule has 7 nitrogen and oxygen atoms in total. The van der Waals surface area contributed by atoms with Gasteiger partial charge in [-0.25, -0.2) is 0 Å². The fourth-order valence-electron chi connectivity index (χ4n) is 4.32. The van der Waals surface area contributed by atoms with Gasteiger partial charge < -0.3 is 29.2 Å². The molecule has 33 heavy (non-hydrogen) atoms. The summed E-state index contributed by atoms with van der Waals surface area (Å²) in [6.07, 6.45) is -1.89. The first-order valence-corrected chi connectivity index (χ1v) is 11.5. The summed E-state index contributed by atoms with van der Waals surface area (Å²) in [5, 5.41) is 22.0. The molecular weight excluding hydrogens is 448 g/mol. The Morgan fingerprint density at radius 3 is 2.45 bits per heavy atom. The van der Waals surface area contributed by atoms with E-state index in [1.54, 1.807) is 0 Å². The van der Waals surface area contributed by atoms with Gasteiger partial charge in [-0.05, 0) is 48.2 Å².